The van der Waals surface area contributed by atoms with Gasteiger partial charge in [-0.05, 0) is 60.2 Å². The predicted octanol–water partition coefficient (Wildman–Crippen LogP) is 7.33. The van der Waals surface area contributed by atoms with Gasteiger partial charge in [-0.1, -0.05) is 41.9 Å². The van der Waals surface area contributed by atoms with Crippen LogP contribution >= 0.6 is 11.6 Å². The van der Waals surface area contributed by atoms with Gasteiger partial charge in [-0.2, -0.15) is 5.26 Å². The van der Waals surface area contributed by atoms with Gasteiger partial charge in [0.1, 0.15) is 36.5 Å². The van der Waals surface area contributed by atoms with Gasteiger partial charge >= 0.3 is 0 Å². The van der Waals surface area contributed by atoms with Crippen LogP contribution in [-0.4, -0.2) is 53.6 Å². The number of nitrogens with zero attached hydrogens (tertiary/aromatic N) is 3. The molecule has 1 saturated heterocycles. The van der Waals surface area contributed by atoms with Gasteiger partial charge in [0.05, 0.1) is 34.4 Å². The van der Waals surface area contributed by atoms with Gasteiger partial charge in [0.2, 0.25) is 0 Å². The number of likely N-dealkylation sites (tertiary alicyclic amines) is 1. The highest BCUT2D eigenvalue weighted by molar-refractivity contribution is 6.32. The molecule has 3 aromatic carbocycles. The Balaban J connectivity index is 1.31. The molecule has 1 N–H and O–H groups in total. The first-order valence-electron chi connectivity index (χ1n) is 15.2. The minimum Gasteiger partial charge on any atom is -0.493 e. The lowest BCUT2D eigenvalue weighted by Crippen LogP contribution is -2.24. The molecule has 1 aromatic heterocycles. The first-order chi connectivity index (χ1) is 22.8. The fourth-order valence-electron chi connectivity index (χ4n) is 5.57. The highest BCUT2D eigenvalue weighted by Gasteiger charge is 2.23. The Bertz CT molecular complexity index is 1760. The van der Waals surface area contributed by atoms with Crippen molar-refractivity contribution in [2.24, 2.45) is 0 Å². The normalized spacial score (nSPS) is 14.6. The average molecular weight is 662 g/mol. The molecule has 1 unspecified atom stereocenters. The van der Waals surface area contributed by atoms with Crippen LogP contribution in [0.2, 0.25) is 5.02 Å². The number of hydrogen-bond acceptors (Lipinski definition) is 8. The molecule has 5 rings (SSSR count). The van der Waals surface area contributed by atoms with Crippen molar-refractivity contribution in [3.05, 3.63) is 105 Å². The lowest BCUT2D eigenvalue weighted by molar-refractivity contribution is 0.111. The third-order valence-electron chi connectivity index (χ3n) is 8.04. The molecule has 47 heavy (non-hydrogen) atoms. The molecule has 0 saturated carbocycles. The molecule has 4 aromatic rings. The largest absolute Gasteiger partial charge is 0.493 e. The molecular formula is C36H34ClF2N3O5. The first-order valence-corrected chi connectivity index (χ1v) is 15.6. The summed E-state index contributed by atoms with van der Waals surface area (Å²) in [6.07, 6.45) is 1.96. The van der Waals surface area contributed by atoms with E-state index in [9.17, 15) is 18.7 Å². The lowest BCUT2D eigenvalue weighted by Gasteiger charge is -2.19. The van der Waals surface area contributed by atoms with Gasteiger partial charge in [0.15, 0.2) is 6.29 Å². The van der Waals surface area contributed by atoms with E-state index in [-0.39, 0.29) is 59.3 Å². The van der Waals surface area contributed by atoms with Crippen molar-refractivity contribution in [1.29, 1.82) is 5.26 Å². The summed E-state index contributed by atoms with van der Waals surface area (Å²) >= 11 is 6.44. The quantitative estimate of drug-likeness (QED) is 0.111. The minimum atomic E-state index is -2.76. The fraction of sp³-hybridized carbons (Fsp3) is 0.306. The topological polar surface area (TPSA) is 105 Å². The average Bonchev–Trinajstić information content (AvgIpc) is 3.50. The number of halogens is 3. The monoisotopic (exact) mass is 661 g/mol. The van der Waals surface area contributed by atoms with Gasteiger partial charge in [-0.25, -0.2) is 8.78 Å². The van der Waals surface area contributed by atoms with E-state index in [0.717, 1.165) is 30.6 Å². The Morgan fingerprint density at radius 1 is 1.06 bits per heavy atom. The van der Waals surface area contributed by atoms with Crippen molar-refractivity contribution in [2.75, 3.05) is 26.2 Å². The zero-order chi connectivity index (χ0) is 33.3. The van der Waals surface area contributed by atoms with Gasteiger partial charge in [0.25, 0.3) is 6.43 Å². The maximum atomic E-state index is 14.5. The number of ether oxygens (including phenoxy) is 3. The number of aliphatic hydroxyl groups is 1. The van der Waals surface area contributed by atoms with Crippen molar-refractivity contribution in [2.45, 2.75) is 45.5 Å². The highest BCUT2D eigenvalue weighted by atomic mass is 35.5. The van der Waals surface area contributed by atoms with Gasteiger partial charge in [0, 0.05) is 43.7 Å². The number of alkyl halides is 2. The van der Waals surface area contributed by atoms with Gasteiger partial charge in [-0.15, -0.1) is 0 Å². The Hall–Kier alpha value is -4.56. The molecule has 0 aliphatic carbocycles. The SMILES string of the molecule is Cc1c(COc2cc(OCc3cncc(C#N)c3)c(C=O)cc2Cl)cccc1-c1cccc(OCCCN2CCC(O)C2)c1C(F)F. The standard InChI is InChI=1S/C36H34ClF2N3O5/c1-23-26(22-47-34-15-33(27(20-43)14-31(34)37)46-21-25-13-24(16-40)17-41-18-25)5-2-6-29(23)30-7-3-8-32(35(30)36(38)39)45-12-4-10-42-11-9-28(44)19-42/h2-3,5-8,13-15,17-18,20,28,36,44H,4,9-12,19,21-22H2,1H3. The summed E-state index contributed by atoms with van der Waals surface area (Å²) in [5.41, 5.74) is 3.58. The summed E-state index contributed by atoms with van der Waals surface area (Å²) in [5.74, 6) is 0.654. The molecule has 2 heterocycles. The van der Waals surface area contributed by atoms with Crippen LogP contribution in [0.3, 0.4) is 0 Å². The first kappa shape index (κ1) is 33.8. The molecule has 0 bridgehead atoms. The van der Waals surface area contributed by atoms with Crippen molar-refractivity contribution in [1.82, 2.24) is 9.88 Å². The highest BCUT2D eigenvalue weighted by Crippen LogP contribution is 2.40. The summed E-state index contributed by atoms with van der Waals surface area (Å²) in [6.45, 7) is 4.42. The predicted molar refractivity (Wildman–Crippen MR) is 173 cm³/mol. The van der Waals surface area contributed by atoms with E-state index in [2.05, 4.69) is 9.88 Å². The summed E-state index contributed by atoms with van der Waals surface area (Å²) in [7, 11) is 0. The summed E-state index contributed by atoms with van der Waals surface area (Å²) in [4.78, 5) is 17.9. The van der Waals surface area contributed by atoms with E-state index >= 15 is 0 Å². The third-order valence-corrected chi connectivity index (χ3v) is 8.33. The zero-order valence-corrected chi connectivity index (χ0v) is 26.6. The molecule has 1 aliphatic heterocycles. The van der Waals surface area contributed by atoms with Gasteiger partial charge < -0.3 is 24.2 Å². The van der Waals surface area contributed by atoms with Crippen LogP contribution in [0.1, 0.15) is 57.4 Å². The molecule has 244 valence electrons. The summed E-state index contributed by atoms with van der Waals surface area (Å²) < 4.78 is 46.8. The van der Waals surface area contributed by atoms with E-state index < -0.39 is 6.43 Å². The number of nitriles is 1. The number of carbonyl (C=O) groups excluding carboxylic acids is 1. The van der Waals surface area contributed by atoms with Crippen molar-refractivity contribution < 1.29 is 32.9 Å². The van der Waals surface area contributed by atoms with Crippen molar-refractivity contribution >= 4 is 17.9 Å². The molecule has 0 spiro atoms. The number of rotatable bonds is 14. The van der Waals surface area contributed by atoms with E-state index in [1.807, 2.05) is 19.1 Å². The Kier molecular flexibility index (Phi) is 11.4. The molecular weight excluding hydrogens is 628 g/mol. The Labute approximate surface area is 277 Å². The van der Waals surface area contributed by atoms with Crippen LogP contribution in [0.5, 0.6) is 17.2 Å². The Morgan fingerprint density at radius 2 is 1.85 bits per heavy atom. The van der Waals surface area contributed by atoms with Gasteiger partial charge in [-0.3, -0.25) is 9.78 Å². The Morgan fingerprint density at radius 3 is 2.60 bits per heavy atom. The number of aliphatic hydroxyl groups excluding tert-OH is 1. The number of benzene rings is 3. The molecule has 1 aliphatic rings. The molecule has 0 amide bonds. The van der Waals surface area contributed by atoms with Crippen LogP contribution in [0.25, 0.3) is 11.1 Å². The summed E-state index contributed by atoms with van der Waals surface area (Å²) in [5, 5.41) is 19.0. The maximum absolute atomic E-state index is 14.5. The number of β-amino-alcohol motifs (C(OH)–C–C–N with tert-alkyl or cyclic N) is 1. The molecule has 11 heteroatoms. The second kappa shape index (κ2) is 15.8. The third kappa shape index (κ3) is 8.43. The van der Waals surface area contributed by atoms with Crippen LogP contribution in [0, 0.1) is 18.3 Å². The number of carbonyl (C=O) groups is 1. The van der Waals surface area contributed by atoms with Crippen LogP contribution in [0.15, 0.2) is 67.0 Å². The smallest absolute Gasteiger partial charge is 0.268 e. The maximum Gasteiger partial charge on any atom is 0.268 e. The second-order valence-electron chi connectivity index (χ2n) is 11.3. The number of pyridine rings is 1. The fourth-order valence-corrected chi connectivity index (χ4v) is 5.80. The molecule has 1 fully saturated rings. The second-order valence-corrected chi connectivity index (χ2v) is 11.7. The minimum absolute atomic E-state index is 0.0589. The van der Waals surface area contributed by atoms with Crippen LogP contribution in [-0.2, 0) is 13.2 Å². The van der Waals surface area contributed by atoms with E-state index in [1.165, 1.54) is 18.3 Å². The number of hydrogen-bond donors (Lipinski definition) is 1. The van der Waals surface area contributed by atoms with E-state index in [4.69, 9.17) is 31.1 Å². The van der Waals surface area contributed by atoms with Crippen LogP contribution < -0.4 is 14.2 Å². The lowest BCUT2D eigenvalue weighted by atomic mass is 9.93. The van der Waals surface area contributed by atoms with E-state index in [0.29, 0.717) is 41.5 Å². The van der Waals surface area contributed by atoms with Crippen molar-refractivity contribution in [3.8, 4) is 34.4 Å². The molecule has 8 nitrogen and oxygen atoms in total. The number of aldehydes is 1. The van der Waals surface area contributed by atoms with E-state index in [1.54, 1.807) is 42.6 Å². The zero-order valence-electron chi connectivity index (χ0n) is 25.8. The molecule has 0 radical (unpaired) electrons. The van der Waals surface area contributed by atoms with Crippen molar-refractivity contribution in [3.63, 3.8) is 0 Å². The van der Waals surface area contributed by atoms with Crippen LogP contribution in [0.4, 0.5) is 8.78 Å². The molecule has 1 atom stereocenters. The summed E-state index contributed by atoms with van der Waals surface area (Å²) in [6, 6.07) is 17.0. The number of aromatic nitrogens is 1.